The second-order valence-corrected chi connectivity index (χ2v) is 8.81. The van der Waals surface area contributed by atoms with Gasteiger partial charge in [0.1, 0.15) is 0 Å². The molecule has 138 valence electrons. The molecule has 0 spiro atoms. The van der Waals surface area contributed by atoms with E-state index in [4.69, 9.17) is 4.74 Å². The van der Waals surface area contributed by atoms with Gasteiger partial charge in [0.2, 0.25) is 5.91 Å². The molecule has 0 N–H and O–H groups in total. The maximum absolute atomic E-state index is 12.9. The van der Waals surface area contributed by atoms with Gasteiger partial charge < -0.3 is 9.64 Å². The first-order valence-electron chi connectivity index (χ1n) is 9.18. The standard InChI is InChI=1S/C19H28N2O2S2/c22-19(7-14-25-18-5-2-1-3-6-18)21-8-4-13-24-16-17(21)15-20-9-11-23-12-10-20/h1-3,5-6,17H,4,7-16H2/t17-/m1/s1. The summed E-state index contributed by atoms with van der Waals surface area (Å²) in [5.74, 6) is 3.41. The van der Waals surface area contributed by atoms with Crippen molar-refractivity contribution in [1.82, 2.24) is 9.80 Å². The molecule has 0 unspecified atom stereocenters. The predicted molar refractivity (Wildman–Crippen MR) is 106 cm³/mol. The van der Waals surface area contributed by atoms with Gasteiger partial charge in [-0.3, -0.25) is 9.69 Å². The predicted octanol–water partition coefficient (Wildman–Crippen LogP) is 2.84. The highest BCUT2D eigenvalue weighted by molar-refractivity contribution is 7.99. The zero-order chi connectivity index (χ0) is 17.3. The monoisotopic (exact) mass is 380 g/mol. The molecule has 0 bridgehead atoms. The number of carbonyl (C=O) groups is 1. The smallest absolute Gasteiger partial charge is 0.223 e. The number of morpholine rings is 1. The van der Waals surface area contributed by atoms with Crippen molar-refractivity contribution < 1.29 is 9.53 Å². The molecular formula is C19H28N2O2S2. The summed E-state index contributed by atoms with van der Waals surface area (Å²) in [5.41, 5.74) is 0. The van der Waals surface area contributed by atoms with E-state index in [-0.39, 0.29) is 0 Å². The van der Waals surface area contributed by atoms with Gasteiger partial charge in [0.05, 0.1) is 19.3 Å². The van der Waals surface area contributed by atoms with Crippen LogP contribution in [0.1, 0.15) is 12.8 Å². The number of rotatable bonds is 6. The molecule has 1 amide bonds. The molecule has 2 heterocycles. The van der Waals surface area contributed by atoms with Crippen LogP contribution in [0.15, 0.2) is 35.2 Å². The Morgan fingerprint density at radius 1 is 1.20 bits per heavy atom. The van der Waals surface area contributed by atoms with E-state index in [0.29, 0.717) is 18.4 Å². The number of hydrogen-bond donors (Lipinski definition) is 0. The van der Waals surface area contributed by atoms with E-state index in [9.17, 15) is 4.79 Å². The van der Waals surface area contributed by atoms with Crippen molar-refractivity contribution in [2.24, 2.45) is 0 Å². The molecule has 25 heavy (non-hydrogen) atoms. The van der Waals surface area contributed by atoms with E-state index in [1.54, 1.807) is 11.8 Å². The number of carbonyl (C=O) groups excluding carboxylic acids is 1. The number of nitrogens with zero attached hydrogens (tertiary/aromatic N) is 2. The maximum atomic E-state index is 12.9. The average Bonchev–Trinajstić information content (AvgIpc) is 2.89. The number of ether oxygens (including phenoxy) is 1. The fraction of sp³-hybridized carbons (Fsp3) is 0.632. The van der Waals surface area contributed by atoms with Gasteiger partial charge in [-0.1, -0.05) is 18.2 Å². The first-order chi connectivity index (χ1) is 12.3. The van der Waals surface area contributed by atoms with Crippen molar-refractivity contribution >= 4 is 29.4 Å². The lowest BCUT2D eigenvalue weighted by Crippen LogP contribution is -2.50. The Bertz CT molecular complexity index is 523. The third-order valence-corrected chi connectivity index (χ3v) is 6.87. The van der Waals surface area contributed by atoms with E-state index >= 15 is 0 Å². The third-order valence-electron chi connectivity index (χ3n) is 4.66. The topological polar surface area (TPSA) is 32.8 Å². The van der Waals surface area contributed by atoms with Crippen LogP contribution >= 0.6 is 23.5 Å². The summed E-state index contributed by atoms with van der Waals surface area (Å²) in [6.07, 6.45) is 1.74. The number of hydrogen-bond acceptors (Lipinski definition) is 5. The molecule has 2 aliphatic heterocycles. The van der Waals surface area contributed by atoms with Gasteiger partial charge in [0, 0.05) is 49.0 Å². The normalized spacial score (nSPS) is 22.6. The van der Waals surface area contributed by atoms with E-state index < -0.39 is 0 Å². The second kappa shape index (κ2) is 10.5. The molecule has 3 rings (SSSR count). The second-order valence-electron chi connectivity index (χ2n) is 6.49. The molecule has 6 heteroatoms. The molecule has 0 radical (unpaired) electrons. The Labute approximate surface area is 159 Å². The van der Waals surface area contributed by atoms with Crippen LogP contribution in [-0.4, -0.2) is 78.4 Å². The van der Waals surface area contributed by atoms with Crippen molar-refractivity contribution in [2.75, 3.05) is 56.7 Å². The van der Waals surface area contributed by atoms with Gasteiger partial charge >= 0.3 is 0 Å². The first-order valence-corrected chi connectivity index (χ1v) is 11.3. The fourth-order valence-electron chi connectivity index (χ4n) is 3.31. The quantitative estimate of drug-likeness (QED) is 0.709. The minimum Gasteiger partial charge on any atom is -0.379 e. The van der Waals surface area contributed by atoms with Gasteiger partial charge in [-0.25, -0.2) is 0 Å². The van der Waals surface area contributed by atoms with Gasteiger partial charge in [0.25, 0.3) is 0 Å². The van der Waals surface area contributed by atoms with Crippen molar-refractivity contribution in [1.29, 1.82) is 0 Å². The molecular weight excluding hydrogens is 352 g/mol. The number of thioether (sulfide) groups is 2. The van der Waals surface area contributed by atoms with Gasteiger partial charge in [-0.15, -0.1) is 11.8 Å². The minimum atomic E-state index is 0.323. The third kappa shape index (κ3) is 6.20. The van der Waals surface area contributed by atoms with Gasteiger partial charge in [-0.05, 0) is 24.3 Å². The van der Waals surface area contributed by atoms with Gasteiger partial charge in [0.15, 0.2) is 0 Å². The highest BCUT2D eigenvalue weighted by atomic mass is 32.2. The van der Waals surface area contributed by atoms with Crippen LogP contribution in [0.3, 0.4) is 0 Å². The summed E-state index contributed by atoms with van der Waals surface area (Å²) < 4.78 is 5.45. The van der Waals surface area contributed by atoms with E-state index in [0.717, 1.165) is 57.3 Å². The SMILES string of the molecule is O=C(CCSc1ccccc1)N1CCCSC[C@H]1CN1CCOCC1. The largest absolute Gasteiger partial charge is 0.379 e. The lowest BCUT2D eigenvalue weighted by Gasteiger charge is -2.35. The van der Waals surface area contributed by atoms with Crippen molar-refractivity contribution in [3.8, 4) is 0 Å². The number of amides is 1. The number of benzene rings is 1. The van der Waals surface area contributed by atoms with E-state index in [1.807, 2.05) is 17.8 Å². The van der Waals surface area contributed by atoms with Crippen molar-refractivity contribution in [3.63, 3.8) is 0 Å². The molecule has 2 fully saturated rings. The van der Waals surface area contributed by atoms with Crippen LogP contribution in [-0.2, 0) is 9.53 Å². The molecule has 1 atom stereocenters. The summed E-state index contributed by atoms with van der Waals surface area (Å²) in [6.45, 7) is 5.54. The van der Waals surface area contributed by atoms with E-state index in [2.05, 4.69) is 34.1 Å². The van der Waals surface area contributed by atoms with Crippen LogP contribution in [0, 0.1) is 0 Å². The Morgan fingerprint density at radius 2 is 2.00 bits per heavy atom. The molecule has 0 aromatic heterocycles. The molecule has 0 aliphatic carbocycles. The van der Waals surface area contributed by atoms with Gasteiger partial charge in [-0.2, -0.15) is 11.8 Å². The lowest BCUT2D eigenvalue weighted by molar-refractivity contribution is -0.133. The van der Waals surface area contributed by atoms with Crippen molar-refractivity contribution in [2.45, 2.75) is 23.8 Å². The summed E-state index contributed by atoms with van der Waals surface area (Å²) in [7, 11) is 0. The molecule has 1 aromatic rings. The van der Waals surface area contributed by atoms with Crippen LogP contribution in [0.2, 0.25) is 0 Å². The first kappa shape index (κ1) is 19.1. The Morgan fingerprint density at radius 3 is 2.80 bits per heavy atom. The molecule has 4 nitrogen and oxygen atoms in total. The van der Waals surface area contributed by atoms with Crippen LogP contribution in [0.5, 0.6) is 0 Å². The lowest BCUT2D eigenvalue weighted by atomic mass is 10.2. The van der Waals surface area contributed by atoms with Crippen LogP contribution < -0.4 is 0 Å². The molecule has 2 aliphatic rings. The van der Waals surface area contributed by atoms with Crippen LogP contribution in [0.25, 0.3) is 0 Å². The minimum absolute atomic E-state index is 0.323. The maximum Gasteiger partial charge on any atom is 0.223 e. The Kier molecular flexibility index (Phi) is 7.98. The average molecular weight is 381 g/mol. The Balaban J connectivity index is 1.51. The molecule has 0 saturated carbocycles. The summed E-state index contributed by atoms with van der Waals surface area (Å²) in [5, 5.41) is 0. The van der Waals surface area contributed by atoms with Crippen molar-refractivity contribution in [3.05, 3.63) is 30.3 Å². The zero-order valence-corrected chi connectivity index (χ0v) is 16.4. The highest BCUT2D eigenvalue weighted by Gasteiger charge is 2.27. The summed E-state index contributed by atoms with van der Waals surface area (Å²) in [4.78, 5) is 18.7. The highest BCUT2D eigenvalue weighted by Crippen LogP contribution is 2.21. The van der Waals surface area contributed by atoms with E-state index in [1.165, 1.54) is 10.6 Å². The molecule has 2 saturated heterocycles. The van der Waals surface area contributed by atoms with Crippen LogP contribution in [0.4, 0.5) is 0 Å². The zero-order valence-electron chi connectivity index (χ0n) is 14.8. The fourth-order valence-corrected chi connectivity index (χ4v) is 5.23. The Hall–Kier alpha value is -0.690. The molecule has 1 aromatic carbocycles. The summed E-state index contributed by atoms with van der Waals surface area (Å²) in [6, 6.07) is 10.7. The summed E-state index contributed by atoms with van der Waals surface area (Å²) >= 11 is 3.77.